The van der Waals surface area contributed by atoms with Gasteiger partial charge in [0, 0.05) is 0 Å². The van der Waals surface area contributed by atoms with Crippen LogP contribution in [0.4, 0.5) is 0 Å². The minimum absolute atomic E-state index is 0.161. The molecule has 0 aliphatic carbocycles. The molecule has 0 amide bonds. The Morgan fingerprint density at radius 1 is 1.42 bits per heavy atom. The van der Waals surface area contributed by atoms with Gasteiger partial charge in [0.25, 0.3) is 0 Å². The quantitative estimate of drug-likeness (QED) is 0.585. The molecule has 0 radical (unpaired) electrons. The molecular formula is C15H19ClO3. The van der Waals surface area contributed by atoms with E-state index in [9.17, 15) is 4.79 Å². The number of hydrogen-bond donors (Lipinski definition) is 0. The second-order valence-electron chi connectivity index (χ2n) is 4.38. The molecule has 0 saturated carbocycles. The number of methoxy groups -OCH3 is 1. The van der Waals surface area contributed by atoms with Crippen LogP contribution >= 0.6 is 11.6 Å². The van der Waals surface area contributed by atoms with Gasteiger partial charge >= 0.3 is 0 Å². The van der Waals surface area contributed by atoms with E-state index in [1.807, 2.05) is 32.9 Å². The fourth-order valence-electron chi connectivity index (χ4n) is 1.64. The van der Waals surface area contributed by atoms with Crippen LogP contribution in [0.1, 0.15) is 26.3 Å². The predicted molar refractivity (Wildman–Crippen MR) is 78.1 cm³/mol. The Hall–Kier alpha value is -1.48. The molecule has 4 heteroatoms. The number of benzene rings is 1. The lowest BCUT2D eigenvalue weighted by Crippen LogP contribution is -1.98. The minimum atomic E-state index is 0.161. The summed E-state index contributed by atoms with van der Waals surface area (Å²) >= 11 is 6.18. The molecule has 0 aromatic heterocycles. The van der Waals surface area contributed by atoms with Crippen LogP contribution in [0.2, 0.25) is 5.02 Å². The molecule has 0 fully saturated rings. The zero-order valence-electron chi connectivity index (χ0n) is 11.7. The van der Waals surface area contributed by atoms with Crippen LogP contribution in [0.15, 0.2) is 17.7 Å². The molecule has 0 spiro atoms. The maximum Gasteiger partial charge on any atom is 0.179 e. The number of aldehydes is 1. The maximum absolute atomic E-state index is 11.0. The van der Waals surface area contributed by atoms with Crippen LogP contribution in [0.5, 0.6) is 11.5 Å². The van der Waals surface area contributed by atoms with Gasteiger partial charge in [-0.3, -0.25) is 4.79 Å². The van der Waals surface area contributed by atoms with Crippen molar-refractivity contribution in [3.05, 3.63) is 28.3 Å². The van der Waals surface area contributed by atoms with Crippen molar-refractivity contribution in [2.75, 3.05) is 13.7 Å². The molecule has 0 bridgehead atoms. The monoisotopic (exact) mass is 282 g/mol. The van der Waals surface area contributed by atoms with Gasteiger partial charge in [0.15, 0.2) is 11.5 Å². The van der Waals surface area contributed by atoms with Crippen molar-refractivity contribution in [3.63, 3.8) is 0 Å². The molecule has 1 aromatic rings. The normalized spacial score (nSPS) is 11.6. The van der Waals surface area contributed by atoms with Gasteiger partial charge < -0.3 is 9.47 Å². The van der Waals surface area contributed by atoms with E-state index in [1.54, 1.807) is 13.2 Å². The van der Waals surface area contributed by atoms with Crippen molar-refractivity contribution >= 4 is 24.0 Å². The highest BCUT2D eigenvalue weighted by atomic mass is 35.5. The number of ether oxygens (including phenoxy) is 2. The average molecular weight is 283 g/mol. The van der Waals surface area contributed by atoms with Gasteiger partial charge in [-0.1, -0.05) is 25.4 Å². The molecular weight excluding hydrogens is 264 g/mol. The van der Waals surface area contributed by atoms with Gasteiger partial charge in [-0.05, 0) is 42.2 Å². The molecule has 0 aliphatic rings. The molecule has 3 nitrogen and oxygen atoms in total. The smallest absolute Gasteiger partial charge is 0.179 e. The summed E-state index contributed by atoms with van der Waals surface area (Å²) in [4.78, 5) is 11.0. The first-order valence-corrected chi connectivity index (χ1v) is 6.58. The average Bonchev–Trinajstić information content (AvgIpc) is 2.38. The highest BCUT2D eigenvalue weighted by molar-refractivity contribution is 6.32. The lowest BCUT2D eigenvalue weighted by molar-refractivity contribution is -0.105. The van der Waals surface area contributed by atoms with Gasteiger partial charge in [-0.15, -0.1) is 0 Å². The highest BCUT2D eigenvalue weighted by Gasteiger charge is 2.11. The fraction of sp³-hybridized carbons (Fsp3) is 0.400. The molecule has 1 aromatic carbocycles. The third-order valence-electron chi connectivity index (χ3n) is 2.68. The predicted octanol–water partition coefficient (Wildman–Crippen LogP) is 3.99. The zero-order valence-corrected chi connectivity index (χ0v) is 12.5. The van der Waals surface area contributed by atoms with Crippen molar-refractivity contribution in [1.29, 1.82) is 0 Å². The summed E-state index contributed by atoms with van der Waals surface area (Å²) in [7, 11) is 1.56. The van der Waals surface area contributed by atoms with Gasteiger partial charge in [0.1, 0.15) is 6.29 Å². The molecule has 19 heavy (non-hydrogen) atoms. The van der Waals surface area contributed by atoms with Crippen molar-refractivity contribution in [3.8, 4) is 11.5 Å². The second kappa shape index (κ2) is 7.19. The second-order valence-corrected chi connectivity index (χ2v) is 4.79. The fourth-order valence-corrected chi connectivity index (χ4v) is 1.91. The zero-order chi connectivity index (χ0) is 14.4. The van der Waals surface area contributed by atoms with Gasteiger partial charge in [-0.2, -0.15) is 0 Å². The van der Waals surface area contributed by atoms with E-state index >= 15 is 0 Å². The number of carbonyl (C=O) groups is 1. The molecule has 0 heterocycles. The first kappa shape index (κ1) is 15.6. The largest absolute Gasteiger partial charge is 0.493 e. The lowest BCUT2D eigenvalue weighted by atomic mass is 10.0. The number of rotatable bonds is 6. The van der Waals surface area contributed by atoms with E-state index in [0.29, 0.717) is 28.7 Å². The molecule has 0 aliphatic heterocycles. The first-order chi connectivity index (χ1) is 9.03. The van der Waals surface area contributed by atoms with Crippen LogP contribution in [-0.2, 0) is 4.79 Å². The van der Waals surface area contributed by atoms with Crippen LogP contribution in [0.3, 0.4) is 0 Å². The Balaban J connectivity index is 3.25. The topological polar surface area (TPSA) is 35.5 Å². The number of allylic oxidation sites excluding steroid dienone is 1. The SMILES string of the molecule is CCOc1c(Cl)cc(C=C(C=O)C(C)C)cc1OC. The standard InChI is InChI=1S/C15H19ClO3/c1-5-19-15-13(16)7-11(8-14(15)18-4)6-12(9-17)10(2)3/h6-10H,5H2,1-4H3. The Bertz CT molecular complexity index is 479. The summed E-state index contributed by atoms with van der Waals surface area (Å²) in [6.07, 6.45) is 2.67. The van der Waals surface area contributed by atoms with Gasteiger partial charge in [0.2, 0.25) is 0 Å². The summed E-state index contributed by atoms with van der Waals surface area (Å²) < 4.78 is 10.7. The third-order valence-corrected chi connectivity index (χ3v) is 2.96. The number of hydrogen-bond acceptors (Lipinski definition) is 3. The van der Waals surface area contributed by atoms with Gasteiger partial charge in [0.05, 0.1) is 18.7 Å². The molecule has 0 N–H and O–H groups in total. The first-order valence-electron chi connectivity index (χ1n) is 6.20. The van der Waals surface area contributed by atoms with Crippen molar-refractivity contribution in [2.45, 2.75) is 20.8 Å². The van der Waals surface area contributed by atoms with E-state index in [2.05, 4.69) is 0 Å². The Labute approximate surface area is 119 Å². The number of carbonyl (C=O) groups excluding carboxylic acids is 1. The van der Waals surface area contributed by atoms with E-state index < -0.39 is 0 Å². The summed E-state index contributed by atoms with van der Waals surface area (Å²) in [5, 5.41) is 0.474. The summed E-state index contributed by atoms with van der Waals surface area (Å²) in [5.74, 6) is 1.25. The summed E-state index contributed by atoms with van der Waals surface area (Å²) in [6, 6.07) is 3.57. The summed E-state index contributed by atoms with van der Waals surface area (Å²) in [5.41, 5.74) is 1.53. The van der Waals surface area contributed by atoms with Crippen molar-refractivity contribution < 1.29 is 14.3 Å². The Morgan fingerprint density at radius 2 is 2.11 bits per heavy atom. The Morgan fingerprint density at radius 3 is 2.58 bits per heavy atom. The van der Waals surface area contributed by atoms with Crippen molar-refractivity contribution in [2.24, 2.45) is 5.92 Å². The van der Waals surface area contributed by atoms with E-state index in [1.165, 1.54) is 0 Å². The van der Waals surface area contributed by atoms with Crippen molar-refractivity contribution in [1.82, 2.24) is 0 Å². The lowest BCUT2D eigenvalue weighted by Gasteiger charge is -2.12. The van der Waals surface area contributed by atoms with E-state index in [0.717, 1.165) is 11.8 Å². The Kier molecular flexibility index (Phi) is 5.90. The number of halogens is 1. The highest BCUT2D eigenvalue weighted by Crippen LogP contribution is 2.37. The third kappa shape index (κ3) is 4.00. The van der Waals surface area contributed by atoms with Crippen LogP contribution in [-0.4, -0.2) is 20.0 Å². The summed E-state index contributed by atoms with van der Waals surface area (Å²) in [6.45, 7) is 6.32. The van der Waals surface area contributed by atoms with E-state index in [4.69, 9.17) is 21.1 Å². The molecule has 0 unspecified atom stereocenters. The van der Waals surface area contributed by atoms with E-state index in [-0.39, 0.29) is 5.92 Å². The minimum Gasteiger partial charge on any atom is -0.493 e. The molecule has 1 rings (SSSR count). The van der Waals surface area contributed by atoms with Crippen LogP contribution in [0, 0.1) is 5.92 Å². The van der Waals surface area contributed by atoms with Gasteiger partial charge in [-0.25, -0.2) is 0 Å². The molecule has 0 atom stereocenters. The molecule has 0 saturated heterocycles. The molecule has 104 valence electrons. The maximum atomic E-state index is 11.0. The van der Waals surface area contributed by atoms with Crippen LogP contribution in [0.25, 0.3) is 6.08 Å². The van der Waals surface area contributed by atoms with Crippen LogP contribution < -0.4 is 9.47 Å².